The molecule has 0 fully saturated rings. The van der Waals surface area contributed by atoms with E-state index in [2.05, 4.69) is 21.9 Å². The molecule has 0 saturated heterocycles. The zero-order valence-electron chi connectivity index (χ0n) is 14.8. The lowest BCUT2D eigenvalue weighted by Crippen LogP contribution is -2.41. The van der Waals surface area contributed by atoms with Crippen molar-refractivity contribution < 1.29 is 14.1 Å². The van der Waals surface area contributed by atoms with Gasteiger partial charge >= 0.3 is 6.03 Å². The molecule has 6 nitrogen and oxygen atoms in total. The average Bonchev–Trinajstić information content (AvgIpc) is 2.95. The first-order chi connectivity index (χ1) is 12.1. The smallest absolute Gasteiger partial charge is 0.314 e. The van der Waals surface area contributed by atoms with Crippen LogP contribution in [0.1, 0.15) is 29.0 Å². The van der Waals surface area contributed by atoms with Crippen LogP contribution in [0, 0.1) is 19.8 Å². The number of rotatable bonds is 6. The average molecular weight is 343 g/mol. The third-order valence-electron chi connectivity index (χ3n) is 4.58. The third-order valence-corrected chi connectivity index (χ3v) is 4.58. The van der Waals surface area contributed by atoms with Gasteiger partial charge in [-0.3, -0.25) is 0 Å². The van der Waals surface area contributed by atoms with Crippen molar-refractivity contribution in [1.29, 1.82) is 0 Å². The van der Waals surface area contributed by atoms with E-state index in [4.69, 9.17) is 9.26 Å². The van der Waals surface area contributed by atoms with E-state index in [-0.39, 0.29) is 6.03 Å². The standard InChI is InChI=1S/C19H25N3O3/c1-13-17(14(2)25-22-13)7-5-9-20-19(23)21-11-15-10-16-6-3-4-8-18(16)24-12-15/h3-4,6,8,15H,5,7,9-12H2,1-2H3,(H2,20,21,23)/t15-/m0/s1. The van der Waals surface area contributed by atoms with E-state index in [1.807, 2.05) is 32.0 Å². The van der Waals surface area contributed by atoms with Crippen molar-refractivity contribution in [2.45, 2.75) is 33.1 Å². The predicted octanol–water partition coefficient (Wildman–Crippen LogP) is 2.77. The number of aromatic nitrogens is 1. The summed E-state index contributed by atoms with van der Waals surface area (Å²) in [6.07, 6.45) is 2.65. The maximum atomic E-state index is 11.9. The van der Waals surface area contributed by atoms with Crippen LogP contribution in [0.3, 0.4) is 0 Å². The Bertz CT molecular complexity index is 707. The molecule has 0 bridgehead atoms. The molecule has 2 N–H and O–H groups in total. The number of urea groups is 1. The molecule has 0 spiro atoms. The van der Waals surface area contributed by atoms with Gasteiger partial charge in [-0.25, -0.2) is 4.79 Å². The lowest BCUT2D eigenvalue weighted by molar-refractivity contribution is 0.211. The van der Waals surface area contributed by atoms with E-state index >= 15 is 0 Å². The van der Waals surface area contributed by atoms with Gasteiger partial charge in [0.2, 0.25) is 0 Å². The molecule has 2 aromatic rings. The predicted molar refractivity (Wildman–Crippen MR) is 94.8 cm³/mol. The second kappa shape index (κ2) is 8.05. The number of aryl methyl sites for hydroxylation is 2. The van der Waals surface area contributed by atoms with Crippen LogP contribution in [0.2, 0.25) is 0 Å². The van der Waals surface area contributed by atoms with Crippen molar-refractivity contribution in [2.75, 3.05) is 19.7 Å². The summed E-state index contributed by atoms with van der Waals surface area (Å²) in [4.78, 5) is 11.9. The highest BCUT2D eigenvalue weighted by molar-refractivity contribution is 5.73. The van der Waals surface area contributed by atoms with Gasteiger partial charge in [0, 0.05) is 24.6 Å². The van der Waals surface area contributed by atoms with Gasteiger partial charge in [0.15, 0.2) is 0 Å². The summed E-state index contributed by atoms with van der Waals surface area (Å²) in [7, 11) is 0. The lowest BCUT2D eigenvalue weighted by atomic mass is 9.97. The summed E-state index contributed by atoms with van der Waals surface area (Å²) in [5.74, 6) is 2.13. The molecule has 3 rings (SSSR count). The van der Waals surface area contributed by atoms with Crippen LogP contribution in [0.4, 0.5) is 4.79 Å². The van der Waals surface area contributed by atoms with Crippen molar-refractivity contribution in [3.63, 3.8) is 0 Å². The number of hydrogen-bond acceptors (Lipinski definition) is 4. The minimum Gasteiger partial charge on any atom is -0.493 e. The first-order valence-electron chi connectivity index (χ1n) is 8.77. The Labute approximate surface area is 147 Å². The molecule has 134 valence electrons. The molecule has 0 unspecified atom stereocenters. The maximum absolute atomic E-state index is 11.9. The molecule has 1 aliphatic rings. The fraction of sp³-hybridized carbons (Fsp3) is 0.474. The Balaban J connectivity index is 1.34. The van der Waals surface area contributed by atoms with Gasteiger partial charge in [0.25, 0.3) is 0 Å². The van der Waals surface area contributed by atoms with Crippen LogP contribution in [0.5, 0.6) is 5.75 Å². The van der Waals surface area contributed by atoms with E-state index in [0.29, 0.717) is 25.6 Å². The summed E-state index contributed by atoms with van der Waals surface area (Å²) < 4.78 is 10.9. The molecule has 1 aliphatic heterocycles. The zero-order chi connectivity index (χ0) is 17.6. The number of fused-ring (bicyclic) bond motifs is 1. The van der Waals surface area contributed by atoms with Gasteiger partial charge < -0.3 is 19.9 Å². The molecule has 0 radical (unpaired) electrons. The minimum atomic E-state index is -0.127. The van der Waals surface area contributed by atoms with E-state index in [1.165, 1.54) is 5.56 Å². The van der Waals surface area contributed by atoms with Crippen molar-refractivity contribution in [3.05, 3.63) is 46.8 Å². The molecule has 2 amide bonds. The number of hydrogen-bond donors (Lipinski definition) is 2. The van der Waals surface area contributed by atoms with Crippen LogP contribution in [-0.4, -0.2) is 30.9 Å². The van der Waals surface area contributed by atoms with E-state index in [0.717, 1.165) is 42.0 Å². The van der Waals surface area contributed by atoms with Crippen LogP contribution < -0.4 is 15.4 Å². The molecule has 1 aromatic heterocycles. The van der Waals surface area contributed by atoms with E-state index < -0.39 is 0 Å². The van der Waals surface area contributed by atoms with Crippen molar-refractivity contribution in [1.82, 2.24) is 15.8 Å². The molecule has 25 heavy (non-hydrogen) atoms. The Morgan fingerprint density at radius 1 is 1.28 bits per heavy atom. The molecule has 0 aliphatic carbocycles. The number of amides is 2. The first kappa shape index (κ1) is 17.3. The Hall–Kier alpha value is -2.50. The molecule has 2 heterocycles. The number of carbonyl (C=O) groups is 1. The normalized spacial score (nSPS) is 16.0. The molecule has 1 aromatic carbocycles. The first-order valence-corrected chi connectivity index (χ1v) is 8.77. The van der Waals surface area contributed by atoms with Gasteiger partial charge in [-0.15, -0.1) is 0 Å². The van der Waals surface area contributed by atoms with Crippen LogP contribution in [0.15, 0.2) is 28.8 Å². The molecule has 1 atom stereocenters. The second-order valence-corrected chi connectivity index (χ2v) is 6.53. The van der Waals surface area contributed by atoms with Gasteiger partial charge in [-0.1, -0.05) is 23.4 Å². The minimum absolute atomic E-state index is 0.127. The number of nitrogens with zero attached hydrogens (tertiary/aromatic N) is 1. The number of para-hydroxylation sites is 1. The Kier molecular flexibility index (Phi) is 5.58. The Morgan fingerprint density at radius 3 is 2.92 bits per heavy atom. The summed E-state index contributed by atoms with van der Waals surface area (Å²) in [6.45, 7) is 5.74. The van der Waals surface area contributed by atoms with Crippen LogP contribution in [-0.2, 0) is 12.8 Å². The van der Waals surface area contributed by atoms with Gasteiger partial charge in [0.1, 0.15) is 11.5 Å². The number of benzene rings is 1. The highest BCUT2D eigenvalue weighted by Crippen LogP contribution is 2.26. The largest absolute Gasteiger partial charge is 0.493 e. The fourth-order valence-electron chi connectivity index (χ4n) is 3.15. The molecular formula is C19H25N3O3. The van der Waals surface area contributed by atoms with E-state index in [9.17, 15) is 4.79 Å². The van der Waals surface area contributed by atoms with Crippen LogP contribution in [0.25, 0.3) is 0 Å². The summed E-state index contributed by atoms with van der Waals surface area (Å²) >= 11 is 0. The topological polar surface area (TPSA) is 76.4 Å². The summed E-state index contributed by atoms with van der Waals surface area (Å²) in [6, 6.07) is 7.94. The number of carbonyl (C=O) groups excluding carboxylic acids is 1. The van der Waals surface area contributed by atoms with Crippen LogP contribution >= 0.6 is 0 Å². The van der Waals surface area contributed by atoms with Crippen molar-refractivity contribution in [2.24, 2.45) is 5.92 Å². The summed E-state index contributed by atoms with van der Waals surface area (Å²) in [5.41, 5.74) is 3.28. The lowest BCUT2D eigenvalue weighted by Gasteiger charge is -2.25. The van der Waals surface area contributed by atoms with E-state index in [1.54, 1.807) is 0 Å². The quantitative estimate of drug-likeness (QED) is 0.791. The maximum Gasteiger partial charge on any atom is 0.314 e. The highest BCUT2D eigenvalue weighted by Gasteiger charge is 2.19. The monoisotopic (exact) mass is 343 g/mol. The Morgan fingerprint density at radius 2 is 2.12 bits per heavy atom. The van der Waals surface area contributed by atoms with Gasteiger partial charge in [-0.05, 0) is 44.7 Å². The SMILES string of the molecule is Cc1noc(C)c1CCCNC(=O)NC[C@H]1COc2ccccc2C1. The summed E-state index contributed by atoms with van der Waals surface area (Å²) in [5, 5.41) is 9.78. The van der Waals surface area contributed by atoms with Crippen molar-refractivity contribution >= 4 is 6.03 Å². The highest BCUT2D eigenvalue weighted by atomic mass is 16.5. The van der Waals surface area contributed by atoms with Gasteiger partial charge in [0.05, 0.1) is 12.3 Å². The zero-order valence-corrected chi connectivity index (χ0v) is 14.8. The molecular weight excluding hydrogens is 318 g/mol. The molecule has 0 saturated carbocycles. The number of nitrogens with one attached hydrogen (secondary N) is 2. The second-order valence-electron chi connectivity index (χ2n) is 6.53. The third kappa shape index (κ3) is 4.53. The van der Waals surface area contributed by atoms with Gasteiger partial charge in [-0.2, -0.15) is 0 Å². The fourth-order valence-corrected chi connectivity index (χ4v) is 3.15. The molecule has 6 heteroatoms. The van der Waals surface area contributed by atoms with Crippen molar-refractivity contribution in [3.8, 4) is 5.75 Å². The number of ether oxygens (including phenoxy) is 1.